The zero-order chi connectivity index (χ0) is 10.2. The van der Waals surface area contributed by atoms with Gasteiger partial charge in [-0.2, -0.15) is 0 Å². The molecule has 2 rings (SSSR count). The van der Waals surface area contributed by atoms with Crippen LogP contribution in [0.4, 0.5) is 0 Å². The Bertz CT molecular complexity index is 568. The molecule has 0 spiro atoms. The summed E-state index contributed by atoms with van der Waals surface area (Å²) in [6.07, 6.45) is 1.66. The van der Waals surface area contributed by atoms with Crippen molar-refractivity contribution in [1.82, 2.24) is 0 Å². The fourth-order valence-corrected chi connectivity index (χ4v) is 2.17. The molecular weight excluding hydrogens is 192 g/mol. The van der Waals surface area contributed by atoms with Gasteiger partial charge in [-0.25, -0.2) is 0 Å². The van der Waals surface area contributed by atoms with Crippen LogP contribution in [0, 0.1) is 0 Å². The summed E-state index contributed by atoms with van der Waals surface area (Å²) >= 11 is 0. The second-order valence-electron chi connectivity index (χ2n) is 3.51. The van der Waals surface area contributed by atoms with Crippen LogP contribution < -0.4 is 0 Å². The van der Waals surface area contributed by atoms with E-state index in [0.29, 0.717) is 0 Å². The maximum Gasteiger partial charge on any atom is 0.0308 e. The summed E-state index contributed by atoms with van der Waals surface area (Å²) in [4.78, 5) is 0.816. The van der Waals surface area contributed by atoms with Crippen LogP contribution in [-0.2, 0) is 9.52 Å². The summed E-state index contributed by atoms with van der Waals surface area (Å²) in [7, 11) is -2.09. The Morgan fingerprint density at radius 1 is 1.07 bits per heavy atom. The van der Waals surface area contributed by atoms with E-state index < -0.39 is 9.52 Å². The van der Waals surface area contributed by atoms with Gasteiger partial charge in [-0.3, -0.25) is 4.21 Å². The number of hydrogen-bond donors (Lipinski definition) is 0. The van der Waals surface area contributed by atoms with Gasteiger partial charge in [0.1, 0.15) is 0 Å². The largest absolute Gasteiger partial charge is 0.263 e. The molecule has 14 heavy (non-hydrogen) atoms. The lowest BCUT2D eigenvalue weighted by molar-refractivity contribution is 0.685. The van der Waals surface area contributed by atoms with Crippen molar-refractivity contribution in [3.63, 3.8) is 0 Å². The van der Waals surface area contributed by atoms with Gasteiger partial charge in [-0.05, 0) is 38.3 Å². The lowest BCUT2D eigenvalue weighted by atomic mass is 10.1. The van der Waals surface area contributed by atoms with E-state index in [4.69, 9.17) is 0 Å². The van der Waals surface area contributed by atoms with Gasteiger partial charge < -0.3 is 0 Å². The van der Waals surface area contributed by atoms with Gasteiger partial charge in [0.15, 0.2) is 0 Å². The summed E-state index contributed by atoms with van der Waals surface area (Å²) in [5.41, 5.74) is 0. The summed E-state index contributed by atoms with van der Waals surface area (Å²) in [5, 5.41) is 2.28. The van der Waals surface area contributed by atoms with Crippen molar-refractivity contribution in [1.29, 1.82) is 0 Å². The summed E-state index contributed by atoms with van der Waals surface area (Å²) in [6.45, 7) is 0. The molecule has 0 aliphatic carbocycles. The molecule has 0 aliphatic rings. The first-order valence-electron chi connectivity index (χ1n) is 4.38. The van der Waals surface area contributed by atoms with Gasteiger partial charge in [-0.1, -0.05) is 30.3 Å². The molecule has 0 radical (unpaired) electrons. The molecule has 0 aliphatic heterocycles. The fraction of sp³-hybridized carbons (Fsp3) is 0.0833. The second kappa shape index (κ2) is 3.14. The molecule has 0 aromatic heterocycles. The zero-order valence-electron chi connectivity index (χ0n) is 8.07. The van der Waals surface area contributed by atoms with Crippen molar-refractivity contribution in [3.05, 3.63) is 42.5 Å². The van der Waals surface area contributed by atoms with Crippen molar-refractivity contribution in [2.75, 3.05) is 6.26 Å². The van der Waals surface area contributed by atoms with Crippen molar-refractivity contribution in [2.24, 2.45) is 0 Å². The molecule has 0 saturated heterocycles. The third-order valence-electron chi connectivity index (χ3n) is 2.22. The van der Waals surface area contributed by atoms with E-state index in [1.807, 2.05) is 42.5 Å². The molecule has 0 N–H and O–H groups in total. The van der Waals surface area contributed by atoms with Gasteiger partial charge in [0.25, 0.3) is 0 Å². The molecule has 1 nitrogen and oxygen atoms in total. The van der Waals surface area contributed by atoms with E-state index in [1.54, 1.807) is 6.26 Å². The van der Waals surface area contributed by atoms with Gasteiger partial charge in [0.2, 0.25) is 0 Å². The fourth-order valence-electron chi connectivity index (χ4n) is 1.44. The minimum absolute atomic E-state index is 0.816. The molecular formula is C12H12OS. The van der Waals surface area contributed by atoms with E-state index in [-0.39, 0.29) is 0 Å². The molecule has 2 aromatic rings. The number of benzene rings is 2. The average Bonchev–Trinajstić information content (AvgIpc) is 2.16. The van der Waals surface area contributed by atoms with Crippen molar-refractivity contribution in [3.8, 4) is 0 Å². The monoisotopic (exact) mass is 204 g/mol. The van der Waals surface area contributed by atoms with Crippen LogP contribution in [0.2, 0.25) is 0 Å². The molecule has 0 bridgehead atoms. The highest BCUT2D eigenvalue weighted by molar-refractivity contribution is 7.99. The van der Waals surface area contributed by atoms with Crippen molar-refractivity contribution in [2.45, 2.75) is 4.90 Å². The smallest absolute Gasteiger partial charge is 0.0308 e. The molecule has 0 amide bonds. The Morgan fingerprint density at radius 2 is 1.71 bits per heavy atom. The van der Waals surface area contributed by atoms with Crippen LogP contribution in [-0.4, -0.2) is 16.3 Å². The second-order valence-corrected chi connectivity index (χ2v) is 6.00. The molecule has 72 valence electrons. The highest BCUT2D eigenvalue weighted by atomic mass is 32.2. The van der Waals surface area contributed by atoms with Crippen LogP contribution in [0.1, 0.15) is 0 Å². The van der Waals surface area contributed by atoms with Crippen molar-refractivity contribution < 1.29 is 4.21 Å². The molecule has 0 fully saturated rings. The molecule has 0 heterocycles. The van der Waals surface area contributed by atoms with E-state index in [1.165, 1.54) is 5.39 Å². The third kappa shape index (κ3) is 1.66. The van der Waals surface area contributed by atoms with Gasteiger partial charge in [0.05, 0.1) is 0 Å². The van der Waals surface area contributed by atoms with Crippen LogP contribution in [0.5, 0.6) is 0 Å². The molecule has 2 heteroatoms. The first-order valence-corrected chi connectivity index (χ1v) is 6.52. The topological polar surface area (TPSA) is 17.1 Å². The minimum Gasteiger partial charge on any atom is -0.263 e. The molecule has 0 saturated carbocycles. The average molecular weight is 204 g/mol. The zero-order valence-corrected chi connectivity index (χ0v) is 8.88. The highest BCUT2D eigenvalue weighted by Crippen LogP contribution is 2.18. The normalized spacial score (nSPS) is 15.2. The maximum atomic E-state index is 11.7. The molecule has 2 aromatic carbocycles. The predicted octanol–water partition coefficient (Wildman–Crippen LogP) is 2.54. The van der Waals surface area contributed by atoms with Crippen LogP contribution in [0.25, 0.3) is 10.8 Å². The number of fused-ring (bicyclic) bond motifs is 1. The van der Waals surface area contributed by atoms with E-state index in [9.17, 15) is 4.21 Å². The van der Waals surface area contributed by atoms with Crippen molar-refractivity contribution >= 4 is 26.2 Å². The Hall–Kier alpha value is -1.28. The van der Waals surface area contributed by atoms with Crippen LogP contribution in [0.3, 0.4) is 0 Å². The van der Waals surface area contributed by atoms with E-state index in [2.05, 4.69) is 5.87 Å². The number of rotatable bonds is 1. The summed E-state index contributed by atoms with van der Waals surface area (Å²) in [5.74, 6) is 3.68. The van der Waals surface area contributed by atoms with Crippen LogP contribution >= 0.6 is 0 Å². The lowest BCUT2D eigenvalue weighted by Gasteiger charge is -2.04. The Labute approximate surface area is 84.4 Å². The Balaban J connectivity index is 2.75. The molecule has 1 unspecified atom stereocenters. The minimum atomic E-state index is -2.09. The number of hydrogen-bond acceptors (Lipinski definition) is 1. The van der Waals surface area contributed by atoms with Gasteiger partial charge in [0, 0.05) is 11.2 Å². The maximum absolute atomic E-state index is 11.7. The van der Waals surface area contributed by atoms with Gasteiger partial charge >= 0.3 is 0 Å². The predicted molar refractivity (Wildman–Crippen MR) is 63.4 cm³/mol. The lowest BCUT2D eigenvalue weighted by Crippen LogP contribution is -1.95. The first-order chi connectivity index (χ1) is 6.57. The Kier molecular flexibility index (Phi) is 2.08. The SMILES string of the molecule is C=S(C)(=O)c1ccc2ccccc2c1. The summed E-state index contributed by atoms with van der Waals surface area (Å²) < 4.78 is 11.7. The van der Waals surface area contributed by atoms with E-state index >= 15 is 0 Å². The quantitative estimate of drug-likeness (QED) is 0.652. The van der Waals surface area contributed by atoms with Crippen LogP contribution in [0.15, 0.2) is 47.4 Å². The third-order valence-corrected chi connectivity index (χ3v) is 3.47. The van der Waals surface area contributed by atoms with E-state index in [0.717, 1.165) is 10.3 Å². The highest BCUT2D eigenvalue weighted by Gasteiger charge is 2.01. The van der Waals surface area contributed by atoms with Gasteiger partial charge in [-0.15, -0.1) is 0 Å². The summed E-state index contributed by atoms with van der Waals surface area (Å²) in [6, 6.07) is 13.9. The standard InChI is InChI=1S/C12H12OS/c1-14(2,13)12-8-7-10-5-3-4-6-11(10)9-12/h3-9H,1H2,2H3. The first kappa shape index (κ1) is 9.28. The molecule has 1 atom stereocenters. The Morgan fingerprint density at radius 3 is 2.36 bits per heavy atom.